The van der Waals surface area contributed by atoms with Gasteiger partial charge in [0, 0.05) is 18.1 Å². The number of ether oxygens (including phenoxy) is 1. The molecule has 0 fully saturated rings. The van der Waals surface area contributed by atoms with Crippen LogP contribution in [-0.2, 0) is 19.6 Å². The van der Waals surface area contributed by atoms with Gasteiger partial charge in [-0.2, -0.15) is 0 Å². The minimum Gasteiger partial charge on any atom is -0.465 e. The summed E-state index contributed by atoms with van der Waals surface area (Å²) in [4.78, 5) is 27.8. The molecule has 2 aromatic carbocycles. The predicted octanol–water partition coefficient (Wildman–Crippen LogP) is 2.84. The highest BCUT2D eigenvalue weighted by atomic mass is 32.2. The fraction of sp³-hybridized carbons (Fsp3) is 0.0952. The van der Waals surface area contributed by atoms with Crippen molar-refractivity contribution in [1.29, 1.82) is 0 Å². The first kappa shape index (κ1) is 21.9. The highest BCUT2D eigenvalue weighted by molar-refractivity contribution is 7.92. The van der Waals surface area contributed by atoms with Gasteiger partial charge in [0.2, 0.25) is 5.91 Å². The van der Waals surface area contributed by atoms with Crippen molar-refractivity contribution in [1.82, 2.24) is 4.98 Å². The Morgan fingerprint density at radius 1 is 1.06 bits per heavy atom. The van der Waals surface area contributed by atoms with Crippen molar-refractivity contribution in [3.05, 3.63) is 84.4 Å². The molecule has 0 aliphatic heterocycles. The van der Waals surface area contributed by atoms with Gasteiger partial charge >= 0.3 is 5.97 Å². The molecular formula is C21H18FN3O5S. The van der Waals surface area contributed by atoms with Crippen molar-refractivity contribution in [3.8, 4) is 0 Å². The molecule has 1 N–H and O–H groups in total. The molecule has 0 bridgehead atoms. The number of aromatic nitrogens is 1. The van der Waals surface area contributed by atoms with Crippen LogP contribution in [0.4, 0.5) is 15.8 Å². The first-order chi connectivity index (χ1) is 14.8. The zero-order chi connectivity index (χ0) is 22.4. The average molecular weight is 443 g/mol. The Morgan fingerprint density at radius 3 is 2.32 bits per heavy atom. The number of rotatable bonds is 7. The van der Waals surface area contributed by atoms with Gasteiger partial charge in [-0.3, -0.25) is 14.1 Å². The lowest BCUT2D eigenvalue weighted by molar-refractivity contribution is -0.114. The Balaban J connectivity index is 1.85. The van der Waals surface area contributed by atoms with E-state index in [-0.39, 0.29) is 10.6 Å². The second-order valence-electron chi connectivity index (χ2n) is 6.29. The summed E-state index contributed by atoms with van der Waals surface area (Å²) in [6.45, 7) is -0.568. The third-order valence-electron chi connectivity index (χ3n) is 4.21. The van der Waals surface area contributed by atoms with Crippen LogP contribution in [0.3, 0.4) is 0 Å². The standard InChI is InChI=1S/C21H18FN3O5S/c1-30-21(27)15-4-8-17(9-5-15)24-20(26)14-25(18-10-6-16(22)7-11-18)31(28,29)19-3-2-12-23-13-19/h2-13H,14H2,1H3,(H,24,26). The fourth-order valence-corrected chi connectivity index (χ4v) is 4.07. The van der Waals surface area contributed by atoms with E-state index in [1.165, 1.54) is 61.8 Å². The Bertz CT molecular complexity index is 1170. The van der Waals surface area contributed by atoms with Crippen LogP contribution in [0, 0.1) is 5.82 Å². The molecule has 31 heavy (non-hydrogen) atoms. The third kappa shape index (κ3) is 5.23. The second kappa shape index (κ2) is 9.35. The maximum Gasteiger partial charge on any atom is 0.337 e. The topological polar surface area (TPSA) is 106 Å². The number of nitrogens with zero attached hydrogens (tertiary/aromatic N) is 2. The smallest absolute Gasteiger partial charge is 0.337 e. The lowest BCUT2D eigenvalue weighted by Gasteiger charge is -2.24. The molecule has 160 valence electrons. The summed E-state index contributed by atoms with van der Waals surface area (Å²) in [7, 11) is -2.89. The number of amides is 1. The van der Waals surface area contributed by atoms with Crippen LogP contribution in [0.15, 0.2) is 78.0 Å². The molecule has 0 atom stereocenters. The van der Waals surface area contributed by atoms with Crippen LogP contribution in [0.25, 0.3) is 0 Å². The molecule has 1 amide bonds. The molecule has 3 aromatic rings. The average Bonchev–Trinajstić information content (AvgIpc) is 2.78. The Hall–Kier alpha value is -3.79. The molecule has 1 heterocycles. The first-order valence-corrected chi connectivity index (χ1v) is 10.4. The molecular weight excluding hydrogens is 425 g/mol. The van der Waals surface area contributed by atoms with Gasteiger partial charge in [0.25, 0.3) is 10.0 Å². The van der Waals surface area contributed by atoms with E-state index in [0.29, 0.717) is 11.3 Å². The summed E-state index contributed by atoms with van der Waals surface area (Å²) in [5.41, 5.74) is 0.768. The number of anilines is 2. The number of esters is 1. The summed E-state index contributed by atoms with van der Waals surface area (Å²) < 4.78 is 45.1. The number of hydrogen-bond donors (Lipinski definition) is 1. The van der Waals surface area contributed by atoms with Crippen LogP contribution < -0.4 is 9.62 Å². The Labute approximate surface area is 178 Å². The van der Waals surface area contributed by atoms with Gasteiger partial charge < -0.3 is 10.1 Å². The number of carbonyl (C=O) groups excluding carboxylic acids is 2. The van der Waals surface area contributed by atoms with Gasteiger partial charge in [0.1, 0.15) is 17.3 Å². The maximum atomic E-state index is 13.3. The van der Waals surface area contributed by atoms with Gasteiger partial charge in [-0.25, -0.2) is 17.6 Å². The van der Waals surface area contributed by atoms with Gasteiger partial charge in [-0.15, -0.1) is 0 Å². The summed E-state index contributed by atoms with van der Waals surface area (Å²) in [6.07, 6.45) is 2.58. The largest absolute Gasteiger partial charge is 0.465 e. The van der Waals surface area contributed by atoms with Gasteiger partial charge in [0.15, 0.2) is 0 Å². The van der Waals surface area contributed by atoms with Crippen molar-refractivity contribution >= 4 is 33.3 Å². The number of sulfonamides is 1. The van der Waals surface area contributed by atoms with Crippen molar-refractivity contribution in [2.45, 2.75) is 4.90 Å². The predicted molar refractivity (Wildman–Crippen MR) is 112 cm³/mol. The van der Waals surface area contributed by atoms with E-state index in [2.05, 4.69) is 15.0 Å². The molecule has 8 nitrogen and oxygen atoms in total. The summed E-state index contributed by atoms with van der Waals surface area (Å²) in [5.74, 6) is -1.71. The van der Waals surface area contributed by atoms with Crippen LogP contribution >= 0.6 is 0 Å². The number of nitrogens with one attached hydrogen (secondary N) is 1. The van der Waals surface area contributed by atoms with Gasteiger partial charge in [-0.05, 0) is 60.7 Å². The van der Waals surface area contributed by atoms with Crippen molar-refractivity contribution in [2.75, 3.05) is 23.3 Å². The number of halogens is 1. The van der Waals surface area contributed by atoms with Crippen LogP contribution in [0.2, 0.25) is 0 Å². The van der Waals surface area contributed by atoms with Crippen molar-refractivity contribution < 1.29 is 27.1 Å². The molecule has 0 spiro atoms. The van der Waals surface area contributed by atoms with E-state index in [9.17, 15) is 22.4 Å². The van der Waals surface area contributed by atoms with Crippen molar-refractivity contribution in [3.63, 3.8) is 0 Å². The van der Waals surface area contributed by atoms with Gasteiger partial charge in [-0.1, -0.05) is 0 Å². The minimum atomic E-state index is -4.15. The van der Waals surface area contributed by atoms with E-state index in [0.717, 1.165) is 22.6 Å². The lowest BCUT2D eigenvalue weighted by atomic mass is 10.2. The highest BCUT2D eigenvalue weighted by Crippen LogP contribution is 2.23. The van der Waals surface area contributed by atoms with Crippen LogP contribution in [-0.4, -0.2) is 38.9 Å². The molecule has 10 heteroatoms. The van der Waals surface area contributed by atoms with Crippen molar-refractivity contribution in [2.24, 2.45) is 0 Å². The van der Waals surface area contributed by atoms with E-state index in [4.69, 9.17) is 0 Å². The SMILES string of the molecule is COC(=O)c1ccc(NC(=O)CN(c2ccc(F)cc2)S(=O)(=O)c2cccnc2)cc1. The minimum absolute atomic E-state index is 0.112. The normalized spacial score (nSPS) is 10.9. The molecule has 3 rings (SSSR count). The van der Waals surface area contributed by atoms with E-state index < -0.39 is 34.3 Å². The number of hydrogen-bond acceptors (Lipinski definition) is 6. The highest BCUT2D eigenvalue weighted by Gasteiger charge is 2.27. The zero-order valence-corrected chi connectivity index (χ0v) is 17.2. The molecule has 0 saturated heterocycles. The van der Waals surface area contributed by atoms with E-state index in [1.807, 2.05) is 0 Å². The molecule has 0 aliphatic carbocycles. The molecule has 0 aliphatic rings. The van der Waals surface area contributed by atoms with Crippen LogP contribution in [0.1, 0.15) is 10.4 Å². The molecule has 0 radical (unpaired) electrons. The van der Waals surface area contributed by atoms with Crippen LogP contribution in [0.5, 0.6) is 0 Å². The van der Waals surface area contributed by atoms with E-state index in [1.54, 1.807) is 0 Å². The van der Waals surface area contributed by atoms with Gasteiger partial charge in [0.05, 0.1) is 18.4 Å². The number of benzene rings is 2. The first-order valence-electron chi connectivity index (χ1n) is 8.98. The Kier molecular flexibility index (Phi) is 6.61. The maximum absolute atomic E-state index is 13.3. The fourth-order valence-electron chi connectivity index (χ4n) is 2.69. The number of methoxy groups -OCH3 is 1. The number of carbonyl (C=O) groups is 2. The molecule has 0 unspecified atom stereocenters. The third-order valence-corrected chi connectivity index (χ3v) is 5.97. The summed E-state index contributed by atoms with van der Waals surface area (Å²) in [5, 5.41) is 2.57. The van der Waals surface area contributed by atoms with E-state index >= 15 is 0 Å². The quantitative estimate of drug-likeness (QED) is 0.563. The Morgan fingerprint density at radius 2 is 1.74 bits per heavy atom. The number of pyridine rings is 1. The molecule has 0 saturated carbocycles. The zero-order valence-electron chi connectivity index (χ0n) is 16.4. The lowest BCUT2D eigenvalue weighted by Crippen LogP contribution is -2.38. The molecule has 1 aromatic heterocycles. The summed E-state index contributed by atoms with van der Waals surface area (Å²) in [6, 6.07) is 13.4. The summed E-state index contributed by atoms with van der Waals surface area (Å²) >= 11 is 0. The second-order valence-corrected chi connectivity index (χ2v) is 8.16. The monoisotopic (exact) mass is 443 g/mol.